The van der Waals surface area contributed by atoms with Gasteiger partial charge in [-0.1, -0.05) is 18.2 Å². The van der Waals surface area contributed by atoms with Crippen molar-refractivity contribution in [2.75, 3.05) is 10.6 Å². The first-order valence-electron chi connectivity index (χ1n) is 10.4. The second-order valence-corrected chi connectivity index (χ2v) is 8.56. The average Bonchev–Trinajstić information content (AvgIpc) is 3.43. The van der Waals surface area contributed by atoms with Gasteiger partial charge in [0.25, 0.3) is 0 Å². The third-order valence-corrected chi connectivity index (χ3v) is 6.12. The molecule has 32 heavy (non-hydrogen) atoms. The van der Waals surface area contributed by atoms with Crippen LogP contribution in [0.1, 0.15) is 33.9 Å². The van der Waals surface area contributed by atoms with Crippen LogP contribution < -0.4 is 10.6 Å². The first kappa shape index (κ1) is 20.1. The van der Waals surface area contributed by atoms with Crippen LogP contribution in [-0.2, 0) is 17.6 Å². The molecule has 0 radical (unpaired) electrons. The normalized spacial score (nSPS) is 12.9. The van der Waals surface area contributed by atoms with Crippen LogP contribution in [0.25, 0.3) is 11.3 Å². The number of benzene rings is 1. The first-order chi connectivity index (χ1) is 15.7. The predicted molar refractivity (Wildman–Crippen MR) is 125 cm³/mol. The minimum absolute atomic E-state index is 0.137. The molecule has 0 fully saturated rings. The fourth-order valence-corrected chi connectivity index (χ4v) is 4.54. The molecule has 1 aliphatic carbocycles. The van der Waals surface area contributed by atoms with Gasteiger partial charge in [0.05, 0.1) is 23.4 Å². The molecule has 3 heterocycles. The lowest BCUT2D eigenvalue weighted by Gasteiger charge is -2.14. The van der Waals surface area contributed by atoms with Crippen molar-refractivity contribution in [2.45, 2.75) is 25.7 Å². The Labute approximate surface area is 188 Å². The minimum atomic E-state index is -0.173. The van der Waals surface area contributed by atoms with E-state index in [9.17, 15) is 9.59 Å². The van der Waals surface area contributed by atoms with Crippen molar-refractivity contribution in [1.29, 1.82) is 0 Å². The van der Waals surface area contributed by atoms with E-state index in [1.807, 2.05) is 47.8 Å². The summed E-state index contributed by atoms with van der Waals surface area (Å²) in [6, 6.07) is 13.5. The van der Waals surface area contributed by atoms with Crippen LogP contribution in [0.4, 0.5) is 17.2 Å². The summed E-state index contributed by atoms with van der Waals surface area (Å²) in [6.07, 6.45) is 5.75. The predicted octanol–water partition coefficient (Wildman–Crippen LogP) is 4.98. The number of pyridine rings is 1. The maximum atomic E-state index is 12.8. The lowest BCUT2D eigenvalue weighted by molar-refractivity contribution is -0.115. The van der Waals surface area contributed by atoms with Gasteiger partial charge in [0.15, 0.2) is 5.78 Å². The number of aryl methyl sites for hydroxylation is 1. The van der Waals surface area contributed by atoms with E-state index in [0.29, 0.717) is 12.2 Å². The Kier molecular flexibility index (Phi) is 5.51. The summed E-state index contributed by atoms with van der Waals surface area (Å²) < 4.78 is 0. The minimum Gasteiger partial charge on any atom is -0.356 e. The van der Waals surface area contributed by atoms with Crippen LogP contribution in [0.5, 0.6) is 0 Å². The van der Waals surface area contributed by atoms with Crippen LogP contribution in [0, 0.1) is 0 Å². The zero-order valence-corrected chi connectivity index (χ0v) is 18.0. The second-order valence-electron chi connectivity index (χ2n) is 7.58. The van der Waals surface area contributed by atoms with E-state index in [4.69, 9.17) is 0 Å². The number of H-pyrrole nitrogens is 1. The van der Waals surface area contributed by atoms with Gasteiger partial charge in [0.1, 0.15) is 10.8 Å². The molecule has 8 heteroatoms. The first-order valence-corrected chi connectivity index (χ1v) is 11.3. The Morgan fingerprint density at radius 3 is 2.78 bits per heavy atom. The van der Waals surface area contributed by atoms with Gasteiger partial charge in [-0.2, -0.15) is 0 Å². The molecule has 4 aromatic rings. The highest BCUT2D eigenvalue weighted by Crippen LogP contribution is 2.39. The number of carbonyl (C=O) groups excluding carboxylic acids is 2. The van der Waals surface area contributed by atoms with Gasteiger partial charge in [0, 0.05) is 41.1 Å². The van der Waals surface area contributed by atoms with Crippen molar-refractivity contribution >= 4 is 40.2 Å². The van der Waals surface area contributed by atoms with Gasteiger partial charge in [-0.15, -0.1) is 11.3 Å². The molecular formula is C24H21N5O2S. The Morgan fingerprint density at radius 2 is 1.97 bits per heavy atom. The Bertz CT molecular complexity index is 1270. The number of fused-ring (bicyclic) bond motifs is 1. The van der Waals surface area contributed by atoms with Gasteiger partial charge in [-0.3, -0.25) is 9.59 Å². The van der Waals surface area contributed by atoms with E-state index in [-0.39, 0.29) is 18.1 Å². The topological polar surface area (TPSA) is 99.8 Å². The largest absolute Gasteiger partial charge is 0.356 e. The Hall–Kier alpha value is -3.78. The highest BCUT2D eigenvalue weighted by Gasteiger charge is 2.27. The number of ketones is 1. The van der Waals surface area contributed by atoms with Crippen molar-refractivity contribution in [2.24, 2.45) is 0 Å². The molecule has 3 aromatic heterocycles. The maximum Gasteiger partial charge on any atom is 0.232 e. The molecule has 1 amide bonds. The number of amides is 1. The SMILES string of the molecule is O=C(Cc1nccs1)Nc1cc(-c2[nH]c3c(c2Nc2ccccc2)C(=O)CCC3)ccn1. The number of aromatic amines is 1. The number of hydrogen-bond donors (Lipinski definition) is 3. The second kappa shape index (κ2) is 8.76. The lowest BCUT2D eigenvalue weighted by atomic mass is 9.95. The number of rotatable bonds is 6. The molecule has 0 spiro atoms. The van der Waals surface area contributed by atoms with Crippen LogP contribution in [0.3, 0.4) is 0 Å². The molecule has 1 aromatic carbocycles. The number of Topliss-reactive ketones (excluding diaryl/α,β-unsaturated/α-hetero) is 1. The number of carbonyl (C=O) groups is 2. The number of anilines is 3. The number of nitrogens with zero attached hydrogens (tertiary/aromatic N) is 2. The van der Waals surface area contributed by atoms with Crippen molar-refractivity contribution in [3.8, 4) is 11.3 Å². The van der Waals surface area contributed by atoms with Gasteiger partial charge in [-0.05, 0) is 37.1 Å². The van der Waals surface area contributed by atoms with E-state index in [1.54, 1.807) is 12.4 Å². The van der Waals surface area contributed by atoms with Crippen LogP contribution >= 0.6 is 11.3 Å². The molecule has 0 unspecified atom stereocenters. The molecule has 7 nitrogen and oxygen atoms in total. The molecule has 5 rings (SSSR count). The summed E-state index contributed by atoms with van der Waals surface area (Å²) in [5.74, 6) is 0.417. The third kappa shape index (κ3) is 4.17. The lowest BCUT2D eigenvalue weighted by Crippen LogP contribution is -2.15. The number of aromatic nitrogens is 3. The molecule has 1 aliphatic rings. The number of hydrogen-bond acceptors (Lipinski definition) is 6. The quantitative estimate of drug-likeness (QED) is 0.390. The fraction of sp³-hybridized carbons (Fsp3) is 0.167. The summed E-state index contributed by atoms with van der Waals surface area (Å²) in [4.78, 5) is 37.1. The van der Waals surface area contributed by atoms with Gasteiger partial charge < -0.3 is 15.6 Å². The highest BCUT2D eigenvalue weighted by atomic mass is 32.1. The van der Waals surface area contributed by atoms with Crippen molar-refractivity contribution in [3.05, 3.63) is 76.5 Å². The van der Waals surface area contributed by atoms with Crippen molar-refractivity contribution in [1.82, 2.24) is 15.0 Å². The fourth-order valence-electron chi connectivity index (χ4n) is 3.92. The number of para-hydroxylation sites is 1. The smallest absolute Gasteiger partial charge is 0.232 e. The van der Waals surface area contributed by atoms with E-state index in [2.05, 4.69) is 25.6 Å². The maximum absolute atomic E-state index is 12.8. The van der Waals surface area contributed by atoms with Gasteiger partial charge in [0.2, 0.25) is 5.91 Å². The Balaban J connectivity index is 1.48. The number of thiazole rings is 1. The number of nitrogens with one attached hydrogen (secondary N) is 3. The monoisotopic (exact) mass is 443 g/mol. The van der Waals surface area contributed by atoms with E-state index < -0.39 is 0 Å². The van der Waals surface area contributed by atoms with Crippen molar-refractivity contribution < 1.29 is 9.59 Å². The summed E-state index contributed by atoms with van der Waals surface area (Å²) in [5.41, 5.74) is 4.99. The Morgan fingerprint density at radius 1 is 1.09 bits per heavy atom. The van der Waals surface area contributed by atoms with Gasteiger partial charge >= 0.3 is 0 Å². The van der Waals surface area contributed by atoms with Crippen LogP contribution in [0.2, 0.25) is 0 Å². The average molecular weight is 444 g/mol. The van der Waals surface area contributed by atoms with Gasteiger partial charge in [-0.25, -0.2) is 9.97 Å². The summed E-state index contributed by atoms with van der Waals surface area (Å²) in [5, 5.41) is 8.88. The summed E-state index contributed by atoms with van der Waals surface area (Å²) in [6.45, 7) is 0. The van der Waals surface area contributed by atoms with E-state index >= 15 is 0 Å². The van der Waals surface area contributed by atoms with Crippen LogP contribution in [0.15, 0.2) is 60.2 Å². The molecule has 0 saturated carbocycles. The van der Waals surface area contributed by atoms with E-state index in [1.165, 1.54) is 11.3 Å². The summed E-state index contributed by atoms with van der Waals surface area (Å²) >= 11 is 1.44. The molecular weight excluding hydrogens is 422 g/mol. The standard InChI is InChI=1S/C24H21N5O2S/c30-18-8-4-7-17-22(18)24(27-16-5-2-1-3-6-16)23(28-17)15-9-10-25-19(13-15)29-20(31)14-21-26-11-12-32-21/h1-3,5-6,9-13,27-28H,4,7-8,14H2,(H,25,29,31). The third-order valence-electron chi connectivity index (χ3n) is 5.34. The summed E-state index contributed by atoms with van der Waals surface area (Å²) in [7, 11) is 0. The zero-order valence-electron chi connectivity index (χ0n) is 17.2. The molecule has 0 bridgehead atoms. The van der Waals surface area contributed by atoms with Crippen molar-refractivity contribution in [3.63, 3.8) is 0 Å². The molecule has 0 aliphatic heterocycles. The highest BCUT2D eigenvalue weighted by molar-refractivity contribution is 7.09. The van der Waals surface area contributed by atoms with Crippen LogP contribution in [-0.4, -0.2) is 26.6 Å². The molecule has 0 atom stereocenters. The molecule has 3 N–H and O–H groups in total. The van der Waals surface area contributed by atoms with E-state index in [0.717, 1.165) is 51.7 Å². The zero-order chi connectivity index (χ0) is 21.9. The molecule has 160 valence electrons. The molecule has 0 saturated heterocycles.